The van der Waals surface area contributed by atoms with Crippen LogP contribution in [0.1, 0.15) is 32.9 Å². The molecular formula is C23H20N2O3. The molecule has 1 N–H and O–H groups in total. The van der Waals surface area contributed by atoms with Crippen molar-refractivity contribution in [1.82, 2.24) is 4.57 Å². The Balaban J connectivity index is 2.03. The van der Waals surface area contributed by atoms with Gasteiger partial charge in [0, 0.05) is 23.1 Å². The third-order valence-electron chi connectivity index (χ3n) is 4.64. The molecule has 0 aliphatic heterocycles. The molecule has 0 amide bonds. The highest BCUT2D eigenvalue weighted by Crippen LogP contribution is 2.27. The molecule has 0 saturated heterocycles. The lowest BCUT2D eigenvalue weighted by molar-refractivity contribution is 0.0697. The van der Waals surface area contributed by atoms with Crippen LogP contribution in [0.3, 0.4) is 0 Å². The Hall–Kier alpha value is -3.78. The van der Waals surface area contributed by atoms with Gasteiger partial charge in [0.25, 0.3) is 0 Å². The maximum Gasteiger partial charge on any atom is 0.335 e. The number of hydrogen-bond acceptors (Lipinski definition) is 3. The van der Waals surface area contributed by atoms with Gasteiger partial charge in [-0.05, 0) is 61.4 Å². The lowest BCUT2D eigenvalue weighted by Gasteiger charge is -2.11. The first-order chi connectivity index (χ1) is 13.4. The molecular weight excluding hydrogens is 352 g/mol. The third-order valence-corrected chi connectivity index (χ3v) is 4.64. The van der Waals surface area contributed by atoms with Gasteiger partial charge in [0.2, 0.25) is 0 Å². The van der Waals surface area contributed by atoms with Gasteiger partial charge in [-0.3, -0.25) is 0 Å². The van der Waals surface area contributed by atoms with Gasteiger partial charge in [0.05, 0.1) is 24.3 Å². The predicted octanol–water partition coefficient (Wildman–Crippen LogP) is 4.87. The van der Waals surface area contributed by atoms with E-state index in [4.69, 9.17) is 9.84 Å². The third kappa shape index (κ3) is 3.67. The number of rotatable bonds is 5. The number of nitrogens with zero attached hydrogens (tertiary/aromatic N) is 2. The first-order valence-corrected chi connectivity index (χ1v) is 8.73. The van der Waals surface area contributed by atoms with Crippen molar-refractivity contribution in [1.29, 1.82) is 5.26 Å². The smallest absolute Gasteiger partial charge is 0.335 e. The average molecular weight is 372 g/mol. The van der Waals surface area contributed by atoms with Gasteiger partial charge in [-0.15, -0.1) is 0 Å². The van der Waals surface area contributed by atoms with Crippen molar-refractivity contribution in [2.75, 3.05) is 7.11 Å². The minimum Gasteiger partial charge on any atom is -0.497 e. The van der Waals surface area contributed by atoms with E-state index in [1.807, 2.05) is 50.3 Å². The number of aryl methyl sites for hydroxylation is 1. The molecule has 0 radical (unpaired) electrons. The molecule has 1 aromatic heterocycles. The lowest BCUT2D eigenvalue weighted by Crippen LogP contribution is -1.99. The molecule has 0 atom stereocenters. The zero-order chi connectivity index (χ0) is 20.3. The normalized spacial score (nSPS) is 11.1. The quantitative estimate of drug-likeness (QED) is 0.649. The summed E-state index contributed by atoms with van der Waals surface area (Å²) in [5.74, 6) is -0.214. The minimum absolute atomic E-state index is 0.192. The zero-order valence-corrected chi connectivity index (χ0v) is 15.9. The van der Waals surface area contributed by atoms with Crippen LogP contribution >= 0.6 is 0 Å². The van der Waals surface area contributed by atoms with E-state index >= 15 is 0 Å². The summed E-state index contributed by atoms with van der Waals surface area (Å²) in [5, 5.41) is 18.6. The Morgan fingerprint density at radius 2 is 1.79 bits per heavy atom. The van der Waals surface area contributed by atoms with Crippen molar-refractivity contribution in [2.45, 2.75) is 13.8 Å². The number of benzene rings is 2. The average Bonchev–Trinajstić information content (AvgIpc) is 2.99. The van der Waals surface area contributed by atoms with E-state index < -0.39 is 5.97 Å². The molecule has 5 heteroatoms. The Kier molecular flexibility index (Phi) is 5.32. The Morgan fingerprint density at radius 3 is 2.39 bits per heavy atom. The van der Waals surface area contributed by atoms with E-state index in [2.05, 4.69) is 10.6 Å². The predicted molar refractivity (Wildman–Crippen MR) is 109 cm³/mol. The van der Waals surface area contributed by atoms with E-state index in [0.717, 1.165) is 28.4 Å². The van der Waals surface area contributed by atoms with Gasteiger partial charge in [0.15, 0.2) is 0 Å². The van der Waals surface area contributed by atoms with Crippen LogP contribution in [-0.4, -0.2) is 22.8 Å². The number of nitriles is 1. The number of carboxylic acids is 1. The highest BCUT2D eigenvalue weighted by molar-refractivity contribution is 5.92. The molecule has 3 aromatic rings. The van der Waals surface area contributed by atoms with Gasteiger partial charge >= 0.3 is 5.97 Å². The fraction of sp³-hybridized carbons (Fsp3) is 0.130. The second-order valence-electron chi connectivity index (χ2n) is 6.42. The largest absolute Gasteiger partial charge is 0.497 e. The number of carbonyl (C=O) groups is 1. The summed E-state index contributed by atoms with van der Waals surface area (Å²) in [5.41, 5.74) is 5.30. The second kappa shape index (κ2) is 7.85. The number of aromatic carboxylic acids is 1. The van der Waals surface area contributed by atoms with Gasteiger partial charge < -0.3 is 14.4 Å². The standard InChI is InChI=1S/C23H20N2O3/c1-15-11-19(16(2)25(15)21-5-4-6-22(13-21)28-3)12-20(14-24)17-7-9-18(10-8-17)23(26)27/h4-13H,1-3H3,(H,26,27)/b20-12+. The van der Waals surface area contributed by atoms with Crippen molar-refractivity contribution in [3.05, 3.63) is 82.7 Å². The van der Waals surface area contributed by atoms with E-state index in [-0.39, 0.29) is 5.56 Å². The molecule has 0 unspecified atom stereocenters. The van der Waals surface area contributed by atoms with Crippen LogP contribution in [0.2, 0.25) is 0 Å². The van der Waals surface area contributed by atoms with Gasteiger partial charge in [-0.25, -0.2) is 4.79 Å². The summed E-state index contributed by atoms with van der Waals surface area (Å²) in [7, 11) is 1.64. The maximum absolute atomic E-state index is 11.0. The van der Waals surface area contributed by atoms with Gasteiger partial charge in [-0.2, -0.15) is 5.26 Å². The zero-order valence-electron chi connectivity index (χ0n) is 15.9. The van der Waals surface area contributed by atoms with Crippen LogP contribution in [-0.2, 0) is 0 Å². The Bertz CT molecular complexity index is 1100. The van der Waals surface area contributed by atoms with Crippen molar-refractivity contribution in [3.63, 3.8) is 0 Å². The maximum atomic E-state index is 11.0. The molecule has 140 valence electrons. The van der Waals surface area contributed by atoms with Crippen molar-refractivity contribution in [2.24, 2.45) is 0 Å². The summed E-state index contributed by atoms with van der Waals surface area (Å²) in [4.78, 5) is 11.0. The first-order valence-electron chi connectivity index (χ1n) is 8.73. The topological polar surface area (TPSA) is 75.2 Å². The second-order valence-corrected chi connectivity index (χ2v) is 6.42. The van der Waals surface area contributed by atoms with Crippen molar-refractivity contribution < 1.29 is 14.6 Å². The van der Waals surface area contributed by atoms with Crippen molar-refractivity contribution >= 4 is 17.6 Å². The number of carboxylic acid groups (broad SMARTS) is 1. The fourth-order valence-corrected chi connectivity index (χ4v) is 3.21. The molecule has 0 saturated carbocycles. The fourth-order valence-electron chi connectivity index (χ4n) is 3.21. The molecule has 3 rings (SSSR count). The highest BCUT2D eigenvalue weighted by atomic mass is 16.5. The molecule has 0 bridgehead atoms. The van der Waals surface area contributed by atoms with E-state index in [0.29, 0.717) is 11.1 Å². The van der Waals surface area contributed by atoms with Crippen molar-refractivity contribution in [3.8, 4) is 17.5 Å². The van der Waals surface area contributed by atoms with Crippen LogP contribution in [0.25, 0.3) is 17.3 Å². The SMILES string of the molecule is COc1cccc(-n2c(C)cc(/C=C(\C#N)c3ccc(C(=O)O)cc3)c2C)c1. The number of methoxy groups -OCH3 is 1. The van der Waals surface area contributed by atoms with Crippen LogP contribution in [0.15, 0.2) is 54.6 Å². The van der Waals surface area contributed by atoms with E-state index in [9.17, 15) is 10.1 Å². The molecule has 5 nitrogen and oxygen atoms in total. The van der Waals surface area contributed by atoms with Crippen LogP contribution in [0, 0.1) is 25.2 Å². The summed E-state index contributed by atoms with van der Waals surface area (Å²) >= 11 is 0. The number of allylic oxidation sites excluding steroid dienone is 1. The van der Waals surface area contributed by atoms with E-state index in [1.54, 1.807) is 19.2 Å². The molecule has 0 aliphatic rings. The van der Waals surface area contributed by atoms with E-state index in [1.165, 1.54) is 12.1 Å². The van der Waals surface area contributed by atoms with Crippen LogP contribution in [0.5, 0.6) is 5.75 Å². The molecule has 1 heterocycles. The molecule has 0 fully saturated rings. The summed E-state index contributed by atoms with van der Waals surface area (Å²) in [6.07, 6.45) is 1.83. The van der Waals surface area contributed by atoms with Crippen LogP contribution < -0.4 is 4.74 Å². The number of ether oxygens (including phenoxy) is 1. The summed E-state index contributed by atoms with van der Waals surface area (Å²) in [6.45, 7) is 4.01. The summed E-state index contributed by atoms with van der Waals surface area (Å²) in [6, 6.07) is 18.4. The Morgan fingerprint density at radius 1 is 1.11 bits per heavy atom. The highest BCUT2D eigenvalue weighted by Gasteiger charge is 2.12. The number of hydrogen-bond donors (Lipinski definition) is 1. The van der Waals surface area contributed by atoms with Crippen LogP contribution in [0.4, 0.5) is 0 Å². The van der Waals surface area contributed by atoms with Gasteiger partial charge in [-0.1, -0.05) is 18.2 Å². The Labute approximate surface area is 163 Å². The molecule has 28 heavy (non-hydrogen) atoms. The molecule has 0 spiro atoms. The minimum atomic E-state index is -0.990. The monoisotopic (exact) mass is 372 g/mol. The summed E-state index contributed by atoms with van der Waals surface area (Å²) < 4.78 is 7.43. The van der Waals surface area contributed by atoms with Gasteiger partial charge in [0.1, 0.15) is 5.75 Å². The number of aromatic nitrogens is 1. The lowest BCUT2D eigenvalue weighted by atomic mass is 10.0. The first kappa shape index (κ1) is 19.0. The molecule has 0 aliphatic carbocycles. The molecule has 2 aromatic carbocycles.